The van der Waals surface area contributed by atoms with Crippen LogP contribution in [0.2, 0.25) is 5.02 Å². The van der Waals surface area contributed by atoms with Gasteiger partial charge in [-0.05, 0) is 29.8 Å². The molecule has 1 fully saturated rings. The number of likely N-dealkylation sites (tertiary alicyclic amines) is 1. The number of benzene rings is 2. The van der Waals surface area contributed by atoms with E-state index in [1.165, 1.54) is 0 Å². The number of halogens is 1. The highest BCUT2D eigenvalue weighted by molar-refractivity contribution is 6.33. The van der Waals surface area contributed by atoms with E-state index in [1.54, 1.807) is 43.4 Å². The monoisotopic (exact) mass is 416 g/mol. The summed E-state index contributed by atoms with van der Waals surface area (Å²) in [5, 5.41) is 3.31. The number of nitrogens with one attached hydrogen (secondary N) is 1. The average Bonchev–Trinajstić information content (AvgIpc) is 3.19. The summed E-state index contributed by atoms with van der Waals surface area (Å²) < 4.78 is 10.4. The van der Waals surface area contributed by atoms with E-state index in [1.807, 2.05) is 24.3 Å². The van der Waals surface area contributed by atoms with Crippen LogP contribution in [0, 0.1) is 5.92 Å². The molecule has 2 amide bonds. The van der Waals surface area contributed by atoms with E-state index in [2.05, 4.69) is 5.32 Å². The fourth-order valence-electron chi connectivity index (χ4n) is 3.66. The Balaban J connectivity index is 1.86. The quantitative estimate of drug-likeness (QED) is 0.704. The van der Waals surface area contributed by atoms with Gasteiger partial charge in [-0.2, -0.15) is 0 Å². The first-order valence-electron chi connectivity index (χ1n) is 9.49. The Kier molecular flexibility index (Phi) is 7.12. The van der Waals surface area contributed by atoms with Crippen LogP contribution in [0.4, 0.5) is 0 Å². The maximum absolute atomic E-state index is 13.1. The van der Waals surface area contributed by atoms with Crippen molar-refractivity contribution >= 4 is 23.4 Å². The Bertz CT molecular complexity index is 873. The standard InChI is InChI=1S/C22H25ClN2O4/c1-28-11-10-24-21(26)19-14-25(22(27)17-8-3-4-9-20(17)23)13-18(19)15-6-5-7-16(12-15)29-2/h3-9,12,18-19H,10-11,13-14H2,1-2H3,(H,24,26). The van der Waals surface area contributed by atoms with Crippen molar-refractivity contribution in [2.75, 3.05) is 40.5 Å². The van der Waals surface area contributed by atoms with E-state index in [-0.39, 0.29) is 23.7 Å². The molecule has 6 nitrogen and oxygen atoms in total. The molecule has 7 heteroatoms. The summed E-state index contributed by atoms with van der Waals surface area (Å²) in [6.45, 7) is 1.62. The highest BCUT2D eigenvalue weighted by Gasteiger charge is 2.40. The molecule has 1 aliphatic heterocycles. The summed E-state index contributed by atoms with van der Waals surface area (Å²) in [6.07, 6.45) is 0. The normalized spacial score (nSPS) is 18.5. The topological polar surface area (TPSA) is 67.9 Å². The lowest BCUT2D eigenvalue weighted by Crippen LogP contribution is -2.37. The zero-order valence-electron chi connectivity index (χ0n) is 16.6. The first-order valence-corrected chi connectivity index (χ1v) is 9.87. The molecular formula is C22H25ClN2O4. The van der Waals surface area contributed by atoms with Crippen molar-refractivity contribution in [1.82, 2.24) is 10.2 Å². The lowest BCUT2D eigenvalue weighted by Gasteiger charge is -2.18. The van der Waals surface area contributed by atoms with Gasteiger partial charge < -0.3 is 19.7 Å². The Hall–Kier alpha value is -2.57. The zero-order valence-corrected chi connectivity index (χ0v) is 17.3. The molecule has 0 radical (unpaired) electrons. The minimum atomic E-state index is -0.370. The maximum atomic E-state index is 13.1. The number of amides is 2. The van der Waals surface area contributed by atoms with E-state index < -0.39 is 0 Å². The maximum Gasteiger partial charge on any atom is 0.255 e. The SMILES string of the molecule is COCCNC(=O)C1CN(C(=O)c2ccccc2Cl)CC1c1cccc(OC)c1. The van der Waals surface area contributed by atoms with Gasteiger partial charge in [0.25, 0.3) is 5.91 Å². The number of carbonyl (C=O) groups is 2. The van der Waals surface area contributed by atoms with Crippen LogP contribution in [-0.4, -0.2) is 57.2 Å². The van der Waals surface area contributed by atoms with Gasteiger partial charge in [0.05, 0.1) is 30.2 Å². The third-order valence-corrected chi connectivity index (χ3v) is 5.51. The molecule has 1 saturated heterocycles. The van der Waals surface area contributed by atoms with Crippen molar-refractivity contribution in [3.05, 3.63) is 64.7 Å². The fourth-order valence-corrected chi connectivity index (χ4v) is 3.87. The van der Waals surface area contributed by atoms with Crippen LogP contribution in [0.3, 0.4) is 0 Å². The van der Waals surface area contributed by atoms with Crippen LogP contribution < -0.4 is 10.1 Å². The van der Waals surface area contributed by atoms with E-state index in [9.17, 15) is 9.59 Å². The molecule has 2 aromatic rings. The first kappa shape index (κ1) is 21.1. The minimum Gasteiger partial charge on any atom is -0.497 e. The van der Waals surface area contributed by atoms with Crippen molar-refractivity contribution in [3.8, 4) is 5.75 Å². The van der Waals surface area contributed by atoms with Gasteiger partial charge in [0.15, 0.2) is 0 Å². The molecule has 0 aliphatic carbocycles. The highest BCUT2D eigenvalue weighted by Crippen LogP contribution is 2.35. The molecule has 1 N–H and O–H groups in total. The number of hydrogen-bond acceptors (Lipinski definition) is 4. The molecule has 2 aromatic carbocycles. The van der Waals surface area contributed by atoms with Gasteiger partial charge in [-0.25, -0.2) is 0 Å². The second-order valence-corrected chi connectivity index (χ2v) is 7.37. The summed E-state index contributed by atoms with van der Waals surface area (Å²) in [5.41, 5.74) is 1.41. The summed E-state index contributed by atoms with van der Waals surface area (Å²) in [7, 11) is 3.20. The van der Waals surface area contributed by atoms with Gasteiger partial charge in [-0.3, -0.25) is 9.59 Å². The van der Waals surface area contributed by atoms with Crippen LogP contribution in [-0.2, 0) is 9.53 Å². The van der Waals surface area contributed by atoms with Crippen LogP contribution in [0.25, 0.3) is 0 Å². The van der Waals surface area contributed by atoms with Crippen molar-refractivity contribution < 1.29 is 19.1 Å². The van der Waals surface area contributed by atoms with Crippen LogP contribution in [0.1, 0.15) is 21.8 Å². The lowest BCUT2D eigenvalue weighted by atomic mass is 9.88. The molecule has 0 bridgehead atoms. The Morgan fingerprint density at radius 1 is 1.14 bits per heavy atom. The summed E-state index contributed by atoms with van der Waals surface area (Å²) in [5.74, 6) is -0.0542. The number of carbonyl (C=O) groups excluding carboxylic acids is 2. The fraction of sp³-hybridized carbons (Fsp3) is 0.364. The summed E-state index contributed by atoms with van der Waals surface area (Å²) >= 11 is 6.22. The van der Waals surface area contributed by atoms with Crippen LogP contribution >= 0.6 is 11.6 Å². The van der Waals surface area contributed by atoms with Crippen molar-refractivity contribution in [2.45, 2.75) is 5.92 Å². The number of rotatable bonds is 7. The van der Waals surface area contributed by atoms with E-state index >= 15 is 0 Å². The lowest BCUT2D eigenvalue weighted by molar-refractivity contribution is -0.125. The molecule has 1 aliphatic rings. The molecule has 0 saturated carbocycles. The van der Waals surface area contributed by atoms with E-state index in [4.69, 9.17) is 21.1 Å². The molecule has 1 heterocycles. The van der Waals surface area contributed by atoms with Crippen molar-refractivity contribution in [2.24, 2.45) is 5.92 Å². The minimum absolute atomic E-state index is 0.0932. The van der Waals surface area contributed by atoms with Crippen LogP contribution in [0.5, 0.6) is 5.75 Å². The summed E-state index contributed by atoms with van der Waals surface area (Å²) in [6, 6.07) is 14.6. The van der Waals surface area contributed by atoms with Gasteiger partial charge in [0.1, 0.15) is 5.75 Å². The molecule has 2 unspecified atom stereocenters. The molecular weight excluding hydrogens is 392 g/mol. The third kappa shape index (κ3) is 4.89. The van der Waals surface area contributed by atoms with Gasteiger partial charge in [0.2, 0.25) is 5.91 Å². The van der Waals surface area contributed by atoms with Gasteiger partial charge in [-0.15, -0.1) is 0 Å². The molecule has 29 heavy (non-hydrogen) atoms. The van der Waals surface area contributed by atoms with Gasteiger partial charge >= 0.3 is 0 Å². The molecule has 0 spiro atoms. The molecule has 2 atom stereocenters. The number of nitrogens with zero attached hydrogens (tertiary/aromatic N) is 1. The second kappa shape index (κ2) is 9.76. The number of hydrogen-bond donors (Lipinski definition) is 1. The molecule has 154 valence electrons. The van der Waals surface area contributed by atoms with E-state index in [0.29, 0.717) is 36.8 Å². The predicted molar refractivity (Wildman–Crippen MR) is 111 cm³/mol. The van der Waals surface area contributed by atoms with Gasteiger partial charge in [-0.1, -0.05) is 35.9 Å². The van der Waals surface area contributed by atoms with E-state index in [0.717, 1.165) is 11.3 Å². The number of methoxy groups -OCH3 is 2. The van der Waals surface area contributed by atoms with Gasteiger partial charge in [0, 0.05) is 32.7 Å². The molecule has 3 rings (SSSR count). The van der Waals surface area contributed by atoms with Crippen molar-refractivity contribution in [1.29, 1.82) is 0 Å². The van der Waals surface area contributed by atoms with Crippen molar-refractivity contribution in [3.63, 3.8) is 0 Å². The Morgan fingerprint density at radius 3 is 2.66 bits per heavy atom. The third-order valence-electron chi connectivity index (χ3n) is 5.18. The largest absolute Gasteiger partial charge is 0.497 e. The molecule has 0 aromatic heterocycles. The van der Waals surface area contributed by atoms with Crippen LogP contribution in [0.15, 0.2) is 48.5 Å². The zero-order chi connectivity index (χ0) is 20.8. The Labute approximate surface area is 175 Å². The highest BCUT2D eigenvalue weighted by atomic mass is 35.5. The average molecular weight is 417 g/mol. The first-order chi connectivity index (χ1) is 14.0. The second-order valence-electron chi connectivity index (χ2n) is 6.96. The summed E-state index contributed by atoms with van der Waals surface area (Å²) in [4.78, 5) is 27.6. The predicted octanol–water partition coefficient (Wildman–Crippen LogP) is 2.97. The Morgan fingerprint density at radius 2 is 1.93 bits per heavy atom. The number of ether oxygens (including phenoxy) is 2. The smallest absolute Gasteiger partial charge is 0.255 e.